The number of halogens is 1. The number of nitrogens with one attached hydrogen (secondary N) is 2. The summed E-state index contributed by atoms with van der Waals surface area (Å²) in [6.07, 6.45) is 3.03. The highest BCUT2D eigenvalue weighted by atomic mass is 35.5. The van der Waals surface area contributed by atoms with E-state index in [9.17, 15) is 14.7 Å². The Morgan fingerprint density at radius 2 is 2.09 bits per heavy atom. The van der Waals surface area contributed by atoms with Crippen molar-refractivity contribution >= 4 is 56.2 Å². The van der Waals surface area contributed by atoms with E-state index >= 15 is 0 Å². The number of pyridine rings is 1. The van der Waals surface area contributed by atoms with Gasteiger partial charge in [0.1, 0.15) is 11.3 Å². The Balaban J connectivity index is 1.72. The van der Waals surface area contributed by atoms with Gasteiger partial charge in [0.2, 0.25) is 0 Å². The van der Waals surface area contributed by atoms with E-state index in [1.165, 1.54) is 12.5 Å². The largest absolute Gasteiger partial charge is 0.477 e. The molecule has 10 heteroatoms. The number of carboxylic acids is 1. The van der Waals surface area contributed by atoms with Crippen LogP contribution in [0.4, 0.5) is 5.82 Å². The lowest BCUT2D eigenvalue weighted by molar-refractivity contribution is 0.0687. The Kier molecular flexibility index (Phi) is 4.30. The first-order valence-corrected chi connectivity index (χ1v) is 10.7. The summed E-state index contributed by atoms with van der Waals surface area (Å²) in [5, 5.41) is 19.6. The third kappa shape index (κ3) is 2.84. The Labute approximate surface area is 195 Å². The fourth-order valence-electron chi connectivity index (χ4n) is 4.52. The molecule has 168 valence electrons. The van der Waals surface area contributed by atoms with Gasteiger partial charge in [-0.25, -0.2) is 4.79 Å². The topological polar surface area (TPSA) is 143 Å². The number of aromatic amines is 2. The molecular weight excluding hydrogens is 458 g/mol. The first-order chi connectivity index (χ1) is 16.4. The quantitative estimate of drug-likeness (QED) is 0.294. The molecule has 4 aromatic heterocycles. The van der Waals surface area contributed by atoms with Gasteiger partial charge in [-0.15, -0.1) is 0 Å². The van der Waals surface area contributed by atoms with Crippen LogP contribution in [0.25, 0.3) is 43.9 Å². The molecule has 0 amide bonds. The number of H-pyrrole nitrogens is 2. The molecule has 0 aliphatic carbocycles. The van der Waals surface area contributed by atoms with Crippen molar-refractivity contribution in [3.63, 3.8) is 0 Å². The van der Waals surface area contributed by atoms with Gasteiger partial charge in [-0.05, 0) is 48.0 Å². The fraction of sp³-hybridized carbons (Fsp3) is 0.0417. The molecule has 2 aromatic carbocycles. The van der Waals surface area contributed by atoms with Gasteiger partial charge in [-0.2, -0.15) is 5.10 Å². The molecule has 0 saturated carbocycles. The van der Waals surface area contributed by atoms with E-state index in [1.807, 2.05) is 12.1 Å². The van der Waals surface area contributed by atoms with Crippen LogP contribution >= 0.6 is 11.6 Å². The van der Waals surface area contributed by atoms with E-state index in [0.717, 1.165) is 5.39 Å². The van der Waals surface area contributed by atoms with E-state index in [-0.39, 0.29) is 23.4 Å². The fourth-order valence-corrected chi connectivity index (χ4v) is 4.75. The number of hydrogen-bond acceptors (Lipinski definition) is 5. The number of aromatic carboxylic acids is 1. The number of nitrogens with zero attached hydrogens (tertiary/aromatic N) is 2. The third-order valence-corrected chi connectivity index (χ3v) is 6.38. The summed E-state index contributed by atoms with van der Waals surface area (Å²) in [6.45, 7) is 0.120. The second-order valence-corrected chi connectivity index (χ2v) is 8.33. The Morgan fingerprint density at radius 3 is 2.88 bits per heavy atom. The minimum atomic E-state index is -1.19. The molecule has 0 atom stereocenters. The molecule has 0 saturated heterocycles. The highest BCUT2D eigenvalue weighted by molar-refractivity contribution is 6.32. The summed E-state index contributed by atoms with van der Waals surface area (Å²) in [7, 11) is 0. The monoisotopic (exact) mass is 473 g/mol. The Bertz CT molecular complexity index is 1820. The molecule has 5 N–H and O–H groups in total. The molecule has 0 spiro atoms. The minimum absolute atomic E-state index is 0.0491. The van der Waals surface area contributed by atoms with Crippen LogP contribution in [0.15, 0.2) is 64.1 Å². The molecule has 6 aromatic rings. The average molecular weight is 474 g/mol. The molecule has 6 rings (SSSR count). The third-order valence-electron chi connectivity index (χ3n) is 6.03. The lowest BCUT2D eigenvalue weighted by Gasteiger charge is -2.11. The first-order valence-electron chi connectivity index (χ1n) is 10.3. The molecule has 0 aliphatic rings. The number of nitrogen functional groups attached to an aromatic ring is 1. The van der Waals surface area contributed by atoms with Gasteiger partial charge in [0, 0.05) is 34.1 Å². The maximum atomic E-state index is 12.8. The average Bonchev–Trinajstić information content (AvgIpc) is 3.51. The Morgan fingerprint density at radius 1 is 1.24 bits per heavy atom. The van der Waals surface area contributed by atoms with Crippen LogP contribution in [0, 0.1) is 0 Å². The van der Waals surface area contributed by atoms with Crippen LogP contribution in [-0.4, -0.2) is 30.8 Å². The smallest absolute Gasteiger partial charge is 0.353 e. The number of rotatable bonds is 4. The van der Waals surface area contributed by atoms with Crippen LogP contribution in [-0.2, 0) is 6.54 Å². The number of furan rings is 1. The van der Waals surface area contributed by atoms with E-state index in [2.05, 4.69) is 15.2 Å². The normalized spacial score (nSPS) is 11.7. The summed E-state index contributed by atoms with van der Waals surface area (Å²) in [4.78, 5) is 28.0. The maximum Gasteiger partial charge on any atom is 0.353 e. The van der Waals surface area contributed by atoms with Gasteiger partial charge >= 0.3 is 5.97 Å². The predicted molar refractivity (Wildman–Crippen MR) is 129 cm³/mol. The second kappa shape index (κ2) is 7.26. The van der Waals surface area contributed by atoms with E-state index in [0.29, 0.717) is 43.8 Å². The van der Waals surface area contributed by atoms with Crippen molar-refractivity contribution in [1.82, 2.24) is 19.7 Å². The van der Waals surface area contributed by atoms with Crippen LogP contribution in [0.1, 0.15) is 16.1 Å². The SMILES string of the molecule is Nc1n[nH]c2cc(Cl)c(Cn3c(C(=O)O)c(-c4ccc[nH]c4=O)c4c5occc5ccc43)cc12. The van der Waals surface area contributed by atoms with Crippen LogP contribution in [0.5, 0.6) is 0 Å². The molecule has 4 heterocycles. The van der Waals surface area contributed by atoms with E-state index in [4.69, 9.17) is 21.8 Å². The van der Waals surface area contributed by atoms with Gasteiger partial charge in [0.15, 0.2) is 5.82 Å². The number of hydrogen-bond donors (Lipinski definition) is 4. The standard InChI is InChI=1S/C24H16ClN5O4/c25-15-9-16-14(22(26)29-28-16)8-12(15)10-30-17-4-3-11-5-7-34-21(11)19(17)18(20(30)24(32)33)13-2-1-6-27-23(13)31/h1-9H,10H2,(H,27,31)(H,32,33)(H3,26,28,29). The van der Waals surface area contributed by atoms with E-state index < -0.39 is 11.5 Å². The Hall–Kier alpha value is -4.50. The van der Waals surface area contributed by atoms with E-state index in [1.54, 1.807) is 34.9 Å². The molecule has 34 heavy (non-hydrogen) atoms. The van der Waals surface area contributed by atoms with Gasteiger partial charge in [0.05, 0.1) is 28.2 Å². The zero-order chi connectivity index (χ0) is 23.6. The molecule has 0 radical (unpaired) electrons. The number of anilines is 1. The predicted octanol–water partition coefficient (Wildman–Crippen LogP) is 4.60. The van der Waals surface area contributed by atoms with Crippen LogP contribution in [0.2, 0.25) is 5.02 Å². The summed E-state index contributed by atoms with van der Waals surface area (Å²) in [5.74, 6) is -0.869. The van der Waals surface area contributed by atoms with Crippen LogP contribution < -0.4 is 11.3 Å². The lowest BCUT2D eigenvalue weighted by atomic mass is 10.0. The first kappa shape index (κ1) is 20.1. The van der Waals surface area contributed by atoms with Crippen molar-refractivity contribution in [2.75, 3.05) is 5.73 Å². The van der Waals surface area contributed by atoms with Crippen molar-refractivity contribution in [2.24, 2.45) is 0 Å². The summed E-state index contributed by atoms with van der Waals surface area (Å²) in [6, 6.07) is 12.2. The minimum Gasteiger partial charge on any atom is -0.477 e. The van der Waals surface area contributed by atoms with Crippen molar-refractivity contribution in [3.05, 3.63) is 81.6 Å². The number of benzene rings is 2. The number of fused-ring (bicyclic) bond motifs is 4. The lowest BCUT2D eigenvalue weighted by Crippen LogP contribution is -2.13. The molecule has 9 nitrogen and oxygen atoms in total. The van der Waals surface area contributed by atoms with Gasteiger partial charge in [0.25, 0.3) is 5.56 Å². The second-order valence-electron chi connectivity index (χ2n) is 7.92. The zero-order valence-corrected chi connectivity index (χ0v) is 18.2. The molecule has 0 fully saturated rings. The van der Waals surface area contributed by atoms with Crippen LogP contribution in [0.3, 0.4) is 0 Å². The van der Waals surface area contributed by atoms with Crippen molar-refractivity contribution in [2.45, 2.75) is 6.54 Å². The van der Waals surface area contributed by atoms with Gasteiger partial charge in [-0.3, -0.25) is 9.89 Å². The number of carboxylic acid groups (broad SMARTS) is 1. The summed E-state index contributed by atoms with van der Waals surface area (Å²) in [5.41, 5.74) is 8.44. The van der Waals surface area contributed by atoms with Gasteiger partial charge < -0.3 is 24.8 Å². The summed E-state index contributed by atoms with van der Waals surface area (Å²) >= 11 is 6.55. The van der Waals surface area contributed by atoms with Crippen molar-refractivity contribution in [1.29, 1.82) is 0 Å². The molecule has 0 bridgehead atoms. The van der Waals surface area contributed by atoms with Crippen molar-refractivity contribution < 1.29 is 14.3 Å². The number of nitrogens with two attached hydrogens (primary N) is 1. The molecule has 0 aliphatic heterocycles. The number of aromatic nitrogens is 4. The highest BCUT2D eigenvalue weighted by Crippen LogP contribution is 2.39. The van der Waals surface area contributed by atoms with Gasteiger partial charge in [-0.1, -0.05) is 11.6 Å². The zero-order valence-electron chi connectivity index (χ0n) is 17.4. The molecule has 0 unspecified atom stereocenters. The van der Waals surface area contributed by atoms with Crippen molar-refractivity contribution in [3.8, 4) is 11.1 Å². The molecular formula is C24H16ClN5O4. The summed E-state index contributed by atoms with van der Waals surface area (Å²) < 4.78 is 7.37. The maximum absolute atomic E-state index is 12.8. The highest BCUT2D eigenvalue weighted by Gasteiger charge is 2.28. The number of carbonyl (C=O) groups is 1.